The summed E-state index contributed by atoms with van der Waals surface area (Å²) in [4.78, 5) is 24.2. The van der Waals surface area contributed by atoms with Crippen LogP contribution in [0.5, 0.6) is 0 Å². The van der Waals surface area contributed by atoms with Crippen molar-refractivity contribution in [2.24, 2.45) is 0 Å². The van der Waals surface area contributed by atoms with Crippen LogP contribution < -0.4 is 5.32 Å². The van der Waals surface area contributed by atoms with Crippen molar-refractivity contribution in [1.29, 1.82) is 0 Å². The van der Waals surface area contributed by atoms with Gasteiger partial charge in [-0.1, -0.05) is 25.1 Å². The molecule has 0 fully saturated rings. The smallest absolute Gasteiger partial charge is 0.240 e. The van der Waals surface area contributed by atoms with Crippen LogP contribution in [0.1, 0.15) is 30.1 Å². The molecule has 0 unspecified atom stereocenters. The molecule has 1 aromatic carbocycles. The second-order valence-corrected chi connectivity index (χ2v) is 5.20. The molecule has 1 heterocycles. The van der Waals surface area contributed by atoms with Gasteiger partial charge in [-0.2, -0.15) is 0 Å². The second kappa shape index (κ2) is 7.75. The van der Waals surface area contributed by atoms with Gasteiger partial charge in [0.2, 0.25) is 5.91 Å². The number of nitrogens with zero attached hydrogens (tertiary/aromatic N) is 1. The van der Waals surface area contributed by atoms with Crippen molar-refractivity contribution >= 4 is 22.6 Å². The second-order valence-electron chi connectivity index (χ2n) is 5.20. The van der Waals surface area contributed by atoms with Crippen LogP contribution in [0.3, 0.4) is 0 Å². The lowest BCUT2D eigenvalue weighted by atomic mass is 10.1. The van der Waals surface area contributed by atoms with Crippen molar-refractivity contribution in [2.75, 3.05) is 20.3 Å². The van der Waals surface area contributed by atoms with E-state index in [0.29, 0.717) is 25.1 Å². The average Bonchev–Trinajstić information content (AvgIpc) is 2.87. The van der Waals surface area contributed by atoms with E-state index < -0.39 is 0 Å². The van der Waals surface area contributed by atoms with Gasteiger partial charge in [0.1, 0.15) is 6.54 Å². The average molecular weight is 302 g/mol. The van der Waals surface area contributed by atoms with Crippen molar-refractivity contribution in [3.05, 3.63) is 36.0 Å². The first-order chi connectivity index (χ1) is 10.7. The minimum absolute atomic E-state index is 0.0905. The quantitative estimate of drug-likeness (QED) is 0.601. The van der Waals surface area contributed by atoms with Crippen molar-refractivity contribution in [3.63, 3.8) is 0 Å². The lowest BCUT2D eigenvalue weighted by Gasteiger charge is -2.06. The zero-order valence-corrected chi connectivity index (χ0v) is 13.1. The summed E-state index contributed by atoms with van der Waals surface area (Å²) in [5, 5.41) is 3.70. The Balaban J connectivity index is 2.23. The number of carbonyl (C=O) groups excluding carboxylic acids is 2. The Kier molecular flexibility index (Phi) is 5.72. The van der Waals surface area contributed by atoms with E-state index >= 15 is 0 Å². The molecule has 0 saturated carbocycles. The zero-order valence-electron chi connectivity index (χ0n) is 13.1. The van der Waals surface area contributed by atoms with Crippen LogP contribution in [-0.2, 0) is 16.1 Å². The van der Waals surface area contributed by atoms with E-state index in [2.05, 4.69) is 5.32 Å². The third-order valence-electron chi connectivity index (χ3n) is 3.51. The van der Waals surface area contributed by atoms with Crippen LogP contribution in [0.4, 0.5) is 0 Å². The molecule has 1 aromatic heterocycles. The maximum absolute atomic E-state index is 12.2. The molecule has 0 radical (unpaired) electrons. The normalized spacial score (nSPS) is 10.8. The highest BCUT2D eigenvalue weighted by Crippen LogP contribution is 2.22. The zero-order chi connectivity index (χ0) is 15.9. The summed E-state index contributed by atoms with van der Waals surface area (Å²) in [6.07, 6.45) is 3.13. The molecule has 22 heavy (non-hydrogen) atoms. The fourth-order valence-electron chi connectivity index (χ4n) is 2.46. The topological polar surface area (TPSA) is 60.3 Å². The van der Waals surface area contributed by atoms with Crippen molar-refractivity contribution in [2.45, 2.75) is 26.3 Å². The molecule has 2 rings (SSSR count). The number of ketones is 1. The van der Waals surface area contributed by atoms with Gasteiger partial charge in [0.15, 0.2) is 5.78 Å². The number of aromatic nitrogens is 1. The third kappa shape index (κ3) is 3.74. The van der Waals surface area contributed by atoms with Gasteiger partial charge in [0.25, 0.3) is 0 Å². The number of amides is 1. The SMILES string of the molecule is CCCC(=O)c1cn(CC(=O)NCCOC)c2ccccc12. The summed E-state index contributed by atoms with van der Waals surface area (Å²) in [5.74, 6) is 0.0320. The van der Waals surface area contributed by atoms with Gasteiger partial charge in [0, 0.05) is 42.7 Å². The van der Waals surface area contributed by atoms with E-state index in [-0.39, 0.29) is 18.2 Å². The summed E-state index contributed by atoms with van der Waals surface area (Å²) in [6.45, 7) is 3.15. The van der Waals surface area contributed by atoms with Gasteiger partial charge in [-0.3, -0.25) is 9.59 Å². The van der Waals surface area contributed by atoms with Gasteiger partial charge in [-0.05, 0) is 12.5 Å². The molecule has 0 spiro atoms. The predicted molar refractivity (Wildman–Crippen MR) is 86.1 cm³/mol. The maximum Gasteiger partial charge on any atom is 0.240 e. The van der Waals surface area contributed by atoms with Gasteiger partial charge in [-0.25, -0.2) is 0 Å². The minimum atomic E-state index is -0.0905. The molecule has 118 valence electrons. The molecule has 0 aliphatic carbocycles. The van der Waals surface area contributed by atoms with E-state index in [1.54, 1.807) is 13.3 Å². The fraction of sp³-hybridized carbons (Fsp3) is 0.412. The van der Waals surface area contributed by atoms with Crippen LogP contribution in [0.25, 0.3) is 10.9 Å². The van der Waals surface area contributed by atoms with Crippen molar-refractivity contribution in [1.82, 2.24) is 9.88 Å². The number of carbonyl (C=O) groups is 2. The molecule has 0 saturated heterocycles. The molecule has 0 atom stereocenters. The van der Waals surface area contributed by atoms with Gasteiger partial charge in [0.05, 0.1) is 6.61 Å². The summed E-state index contributed by atoms with van der Waals surface area (Å²) < 4.78 is 6.74. The highest BCUT2D eigenvalue weighted by Gasteiger charge is 2.15. The lowest BCUT2D eigenvalue weighted by molar-refractivity contribution is -0.121. The summed E-state index contributed by atoms with van der Waals surface area (Å²) in [5.41, 5.74) is 1.60. The van der Waals surface area contributed by atoms with Gasteiger partial charge >= 0.3 is 0 Å². The molecule has 1 amide bonds. The molecule has 1 N–H and O–H groups in total. The number of para-hydroxylation sites is 1. The van der Waals surface area contributed by atoms with E-state index in [4.69, 9.17) is 4.74 Å². The Morgan fingerprint density at radius 2 is 2.05 bits per heavy atom. The van der Waals surface area contributed by atoms with Crippen LogP contribution in [0, 0.1) is 0 Å². The number of benzene rings is 1. The molecule has 0 aliphatic heterocycles. The lowest BCUT2D eigenvalue weighted by Crippen LogP contribution is -2.30. The summed E-state index contributed by atoms with van der Waals surface area (Å²) in [7, 11) is 1.59. The number of hydrogen-bond acceptors (Lipinski definition) is 3. The fourth-order valence-corrected chi connectivity index (χ4v) is 2.46. The number of hydrogen-bond donors (Lipinski definition) is 1. The number of ether oxygens (including phenoxy) is 1. The number of rotatable bonds is 8. The Morgan fingerprint density at radius 1 is 1.27 bits per heavy atom. The minimum Gasteiger partial charge on any atom is -0.383 e. The molecule has 0 aliphatic rings. The third-order valence-corrected chi connectivity index (χ3v) is 3.51. The van der Waals surface area contributed by atoms with Gasteiger partial charge in [-0.15, -0.1) is 0 Å². The number of fused-ring (bicyclic) bond motifs is 1. The van der Waals surface area contributed by atoms with Crippen LogP contribution in [0.2, 0.25) is 0 Å². The predicted octanol–water partition coefficient (Wildman–Crippen LogP) is 2.39. The first-order valence-electron chi connectivity index (χ1n) is 7.54. The monoisotopic (exact) mass is 302 g/mol. The Labute approximate surface area is 130 Å². The van der Waals surface area contributed by atoms with E-state index in [1.165, 1.54) is 0 Å². The Bertz CT molecular complexity index is 661. The molecule has 0 bridgehead atoms. The number of methoxy groups -OCH3 is 1. The van der Waals surface area contributed by atoms with E-state index in [0.717, 1.165) is 17.3 Å². The number of nitrogens with one attached hydrogen (secondary N) is 1. The molecule has 5 heteroatoms. The molecule has 2 aromatic rings. The number of Topliss-reactive ketones (excluding diaryl/α,β-unsaturated/α-hetero) is 1. The Morgan fingerprint density at radius 3 is 2.77 bits per heavy atom. The van der Waals surface area contributed by atoms with Gasteiger partial charge < -0.3 is 14.6 Å². The molecular weight excluding hydrogens is 280 g/mol. The highest BCUT2D eigenvalue weighted by atomic mass is 16.5. The van der Waals surface area contributed by atoms with Crippen LogP contribution in [-0.4, -0.2) is 36.5 Å². The van der Waals surface area contributed by atoms with Crippen molar-refractivity contribution in [3.8, 4) is 0 Å². The summed E-state index contributed by atoms with van der Waals surface area (Å²) >= 11 is 0. The van der Waals surface area contributed by atoms with Crippen LogP contribution >= 0.6 is 0 Å². The first kappa shape index (κ1) is 16.2. The largest absolute Gasteiger partial charge is 0.383 e. The first-order valence-corrected chi connectivity index (χ1v) is 7.54. The maximum atomic E-state index is 12.2. The van der Waals surface area contributed by atoms with E-state index in [1.807, 2.05) is 35.8 Å². The van der Waals surface area contributed by atoms with E-state index in [9.17, 15) is 9.59 Å². The summed E-state index contributed by atoms with van der Waals surface area (Å²) in [6, 6.07) is 7.68. The Hall–Kier alpha value is -2.14. The standard InChI is InChI=1S/C17H22N2O3/c1-3-6-16(20)14-11-19(12-17(21)18-9-10-22-2)15-8-5-4-7-13(14)15/h4-5,7-8,11H,3,6,9-10,12H2,1-2H3,(H,18,21). The molecule has 5 nitrogen and oxygen atoms in total. The van der Waals surface area contributed by atoms with Crippen molar-refractivity contribution < 1.29 is 14.3 Å². The molecular formula is C17H22N2O3. The highest BCUT2D eigenvalue weighted by molar-refractivity contribution is 6.08. The van der Waals surface area contributed by atoms with Crippen LogP contribution in [0.15, 0.2) is 30.5 Å².